The molecule has 0 aliphatic heterocycles. The summed E-state index contributed by atoms with van der Waals surface area (Å²) in [6.45, 7) is 0. The van der Waals surface area contributed by atoms with Gasteiger partial charge >= 0.3 is 86.1 Å². The fourth-order valence-corrected chi connectivity index (χ4v) is 2.42. The van der Waals surface area contributed by atoms with Crippen LogP contribution in [0.3, 0.4) is 0 Å². The van der Waals surface area contributed by atoms with Gasteiger partial charge in [-0.3, -0.25) is 0 Å². The zero-order chi connectivity index (χ0) is 9.68. The monoisotopic (exact) mass is 284 g/mol. The van der Waals surface area contributed by atoms with Gasteiger partial charge in [0.15, 0.2) is 0 Å². The van der Waals surface area contributed by atoms with Crippen LogP contribution in [0.1, 0.15) is 10.4 Å². The maximum absolute atomic E-state index is 11.5. The molecule has 0 spiro atoms. The molecular formula is C10H14NOSn. The third-order valence-electron chi connectivity index (χ3n) is 1.64. The van der Waals surface area contributed by atoms with Crippen molar-refractivity contribution in [3.8, 4) is 0 Å². The number of rotatable bonds is 3. The van der Waals surface area contributed by atoms with Gasteiger partial charge in [0.2, 0.25) is 0 Å². The van der Waals surface area contributed by atoms with Gasteiger partial charge in [0, 0.05) is 0 Å². The van der Waals surface area contributed by atoms with Crippen molar-refractivity contribution in [1.82, 2.24) is 5.32 Å². The van der Waals surface area contributed by atoms with E-state index in [0.29, 0.717) is 0 Å². The first-order valence-electron chi connectivity index (χ1n) is 4.32. The average molecular weight is 283 g/mol. The zero-order valence-electron chi connectivity index (χ0n) is 8.00. The number of hydrogen-bond donors (Lipinski definition) is 1. The van der Waals surface area contributed by atoms with Crippen molar-refractivity contribution >= 4 is 25.7 Å². The van der Waals surface area contributed by atoms with Gasteiger partial charge in [-0.1, -0.05) is 0 Å². The first-order chi connectivity index (χ1) is 6.20. The van der Waals surface area contributed by atoms with Crippen LogP contribution in [-0.4, -0.2) is 30.2 Å². The molecule has 1 rings (SSSR count). The Kier molecular flexibility index (Phi) is 4.28. The topological polar surface area (TPSA) is 29.1 Å². The molecule has 3 heteroatoms. The summed E-state index contributed by atoms with van der Waals surface area (Å²) in [5.74, 6) is 0.0578. The summed E-state index contributed by atoms with van der Waals surface area (Å²) in [5.41, 5.74) is 0.757. The SMILES string of the molecule is [CH3][Sn]([CH3])[CH2]NC(=O)c1ccccc1. The molecule has 0 atom stereocenters. The molecule has 69 valence electrons. The van der Waals surface area contributed by atoms with Crippen molar-refractivity contribution in [2.75, 3.05) is 4.56 Å². The van der Waals surface area contributed by atoms with Crippen molar-refractivity contribution in [2.45, 2.75) is 9.88 Å². The molecule has 0 aliphatic carbocycles. The van der Waals surface area contributed by atoms with Crippen molar-refractivity contribution < 1.29 is 4.79 Å². The Morgan fingerprint density at radius 1 is 1.31 bits per heavy atom. The van der Waals surface area contributed by atoms with E-state index >= 15 is 0 Å². The van der Waals surface area contributed by atoms with Crippen LogP contribution in [0.2, 0.25) is 9.88 Å². The molecule has 0 fully saturated rings. The van der Waals surface area contributed by atoms with Crippen LogP contribution in [0.25, 0.3) is 0 Å². The van der Waals surface area contributed by atoms with E-state index in [1.54, 1.807) is 0 Å². The van der Waals surface area contributed by atoms with Gasteiger partial charge in [-0.05, 0) is 0 Å². The standard InChI is InChI=1S/C8H8NO.2CH3.Sn/c1-9-8(10)7-5-3-2-4-6-7;;;/h2-6H,1H2,(H,9,10);2*1H3;. The molecule has 0 bridgehead atoms. The summed E-state index contributed by atoms with van der Waals surface area (Å²) in [7, 11) is 0. The van der Waals surface area contributed by atoms with Crippen LogP contribution < -0.4 is 5.32 Å². The molecular weight excluding hydrogens is 269 g/mol. The normalized spacial score (nSPS) is 10.1. The molecule has 1 aromatic rings. The van der Waals surface area contributed by atoms with E-state index < -0.39 is 19.8 Å². The van der Waals surface area contributed by atoms with Crippen molar-refractivity contribution in [2.24, 2.45) is 0 Å². The van der Waals surface area contributed by atoms with E-state index in [9.17, 15) is 4.79 Å². The van der Waals surface area contributed by atoms with Gasteiger partial charge in [-0.15, -0.1) is 0 Å². The Balaban J connectivity index is 2.50. The molecule has 0 aromatic heterocycles. The third-order valence-corrected chi connectivity index (χ3v) is 4.16. The number of nitrogens with one attached hydrogen (secondary N) is 1. The predicted octanol–water partition coefficient (Wildman–Crippen LogP) is 1.71. The maximum atomic E-state index is 11.5. The second-order valence-corrected chi connectivity index (χ2v) is 11.2. The molecule has 0 saturated carbocycles. The molecule has 0 unspecified atom stereocenters. The van der Waals surface area contributed by atoms with Crippen LogP contribution in [0.15, 0.2) is 30.3 Å². The minimum absolute atomic E-state index is 0.0578. The van der Waals surface area contributed by atoms with Crippen molar-refractivity contribution in [3.05, 3.63) is 35.9 Å². The summed E-state index contributed by atoms with van der Waals surface area (Å²) in [6.07, 6.45) is 0. The molecule has 1 radical (unpaired) electrons. The van der Waals surface area contributed by atoms with Gasteiger partial charge in [-0.2, -0.15) is 0 Å². The van der Waals surface area contributed by atoms with E-state index in [2.05, 4.69) is 15.2 Å². The molecule has 1 amide bonds. The Labute approximate surface area is 86.1 Å². The number of amides is 1. The first-order valence-corrected chi connectivity index (χ1v) is 12.0. The zero-order valence-corrected chi connectivity index (χ0v) is 10.9. The van der Waals surface area contributed by atoms with Gasteiger partial charge in [0.05, 0.1) is 0 Å². The Bertz CT molecular complexity index is 272. The van der Waals surface area contributed by atoms with Gasteiger partial charge in [0.25, 0.3) is 0 Å². The third kappa shape index (κ3) is 3.80. The summed E-state index contributed by atoms with van der Waals surface area (Å²) < 4.78 is 0.927. The molecule has 13 heavy (non-hydrogen) atoms. The summed E-state index contributed by atoms with van der Waals surface area (Å²) in [6, 6.07) is 9.35. The molecule has 1 aromatic carbocycles. The summed E-state index contributed by atoms with van der Waals surface area (Å²) in [4.78, 5) is 16.0. The average Bonchev–Trinajstić information content (AvgIpc) is 2.15. The molecule has 0 heterocycles. The van der Waals surface area contributed by atoms with Crippen molar-refractivity contribution in [3.63, 3.8) is 0 Å². The van der Waals surface area contributed by atoms with E-state index in [4.69, 9.17) is 0 Å². The van der Waals surface area contributed by atoms with E-state index in [-0.39, 0.29) is 5.91 Å². The second kappa shape index (κ2) is 5.27. The van der Waals surface area contributed by atoms with Crippen LogP contribution in [-0.2, 0) is 0 Å². The molecule has 0 saturated heterocycles. The molecule has 0 aliphatic rings. The van der Waals surface area contributed by atoms with Gasteiger partial charge < -0.3 is 0 Å². The quantitative estimate of drug-likeness (QED) is 0.841. The Hall–Kier alpha value is -0.511. The van der Waals surface area contributed by atoms with E-state index in [1.165, 1.54) is 0 Å². The Morgan fingerprint density at radius 2 is 1.92 bits per heavy atom. The van der Waals surface area contributed by atoms with Crippen LogP contribution in [0.4, 0.5) is 0 Å². The van der Waals surface area contributed by atoms with E-state index in [1.807, 2.05) is 30.3 Å². The van der Waals surface area contributed by atoms with Crippen molar-refractivity contribution in [1.29, 1.82) is 0 Å². The number of carbonyl (C=O) groups excluding carboxylic acids is 1. The fraction of sp³-hybridized carbons (Fsp3) is 0.300. The predicted molar refractivity (Wildman–Crippen MR) is 56.3 cm³/mol. The molecule has 2 nitrogen and oxygen atoms in total. The second-order valence-electron chi connectivity index (χ2n) is 3.26. The molecule has 1 N–H and O–H groups in total. The van der Waals surface area contributed by atoms with Crippen LogP contribution in [0, 0.1) is 0 Å². The number of carbonyl (C=O) groups is 1. The fourth-order valence-electron chi connectivity index (χ4n) is 0.949. The number of benzene rings is 1. The minimum atomic E-state index is -1.17. The summed E-state index contributed by atoms with van der Waals surface area (Å²) in [5, 5.41) is 2.95. The van der Waals surface area contributed by atoms with Gasteiger partial charge in [-0.25, -0.2) is 0 Å². The van der Waals surface area contributed by atoms with Crippen LogP contribution in [0.5, 0.6) is 0 Å². The van der Waals surface area contributed by atoms with Gasteiger partial charge in [0.1, 0.15) is 0 Å². The van der Waals surface area contributed by atoms with Crippen LogP contribution >= 0.6 is 0 Å². The summed E-state index contributed by atoms with van der Waals surface area (Å²) >= 11 is -1.17. The first kappa shape index (κ1) is 10.6. The Morgan fingerprint density at radius 3 is 2.46 bits per heavy atom. The number of hydrogen-bond acceptors (Lipinski definition) is 1. The van der Waals surface area contributed by atoms with E-state index in [0.717, 1.165) is 10.1 Å².